The number of anilines is 1. The van der Waals surface area contributed by atoms with Crippen LogP contribution < -0.4 is 5.32 Å². The van der Waals surface area contributed by atoms with Crippen LogP contribution in [0.3, 0.4) is 0 Å². The van der Waals surface area contributed by atoms with Gasteiger partial charge in [0, 0.05) is 15.5 Å². The largest absolute Gasteiger partial charge is 0.379 e. The van der Waals surface area contributed by atoms with Gasteiger partial charge in [0.2, 0.25) is 0 Å². The van der Waals surface area contributed by atoms with Crippen LogP contribution in [0.2, 0.25) is 5.02 Å². The van der Waals surface area contributed by atoms with Crippen LogP contribution in [0.4, 0.5) is 10.1 Å². The highest BCUT2D eigenvalue weighted by molar-refractivity contribution is 9.11. The highest BCUT2D eigenvalue weighted by Crippen LogP contribution is 2.32. The lowest BCUT2D eigenvalue weighted by Crippen LogP contribution is -2.01. The second kappa shape index (κ2) is 6.25. The topological polar surface area (TPSA) is 12.0 Å². The summed E-state index contributed by atoms with van der Waals surface area (Å²) in [6.07, 6.45) is 0. The fraction of sp³-hybridized carbons (Fsp3) is 0.143. The summed E-state index contributed by atoms with van der Waals surface area (Å²) in [6.45, 7) is 2.54. The molecular formula is C14H11Br2ClFN. The van der Waals surface area contributed by atoms with E-state index in [0.717, 1.165) is 25.8 Å². The molecule has 0 aliphatic rings. The van der Waals surface area contributed by atoms with E-state index in [1.165, 1.54) is 6.07 Å². The van der Waals surface area contributed by atoms with Gasteiger partial charge in [-0.05, 0) is 74.2 Å². The number of hydrogen-bond acceptors (Lipinski definition) is 1. The Morgan fingerprint density at radius 2 is 1.79 bits per heavy atom. The molecule has 0 saturated heterocycles. The number of halogens is 4. The normalized spacial score (nSPS) is 10.6. The summed E-state index contributed by atoms with van der Waals surface area (Å²) in [7, 11) is 0. The zero-order valence-corrected chi connectivity index (χ0v) is 14.0. The third-order valence-electron chi connectivity index (χ3n) is 2.64. The van der Waals surface area contributed by atoms with Gasteiger partial charge in [0.15, 0.2) is 0 Å². The third kappa shape index (κ3) is 3.71. The second-order valence-electron chi connectivity index (χ2n) is 4.21. The maximum absolute atomic E-state index is 13.3. The van der Waals surface area contributed by atoms with Crippen LogP contribution in [0.5, 0.6) is 0 Å². The van der Waals surface area contributed by atoms with Crippen molar-refractivity contribution < 1.29 is 4.39 Å². The smallest absolute Gasteiger partial charge is 0.142 e. The molecule has 0 aliphatic carbocycles. The van der Waals surface area contributed by atoms with Gasteiger partial charge in [0.1, 0.15) is 5.82 Å². The van der Waals surface area contributed by atoms with Gasteiger partial charge in [0.05, 0.1) is 10.7 Å². The van der Waals surface area contributed by atoms with Crippen LogP contribution in [0, 0.1) is 12.7 Å². The van der Waals surface area contributed by atoms with Gasteiger partial charge in [-0.25, -0.2) is 4.39 Å². The molecule has 0 saturated carbocycles. The van der Waals surface area contributed by atoms with E-state index in [0.29, 0.717) is 6.54 Å². The number of aryl methyl sites for hydroxylation is 1. The van der Waals surface area contributed by atoms with Gasteiger partial charge in [-0.3, -0.25) is 0 Å². The molecule has 0 bridgehead atoms. The number of nitrogens with one attached hydrogen (secondary N) is 1. The van der Waals surface area contributed by atoms with Gasteiger partial charge in [-0.1, -0.05) is 17.7 Å². The Labute approximate surface area is 133 Å². The predicted octanol–water partition coefficient (Wildman–Crippen LogP) is 5.92. The van der Waals surface area contributed by atoms with Gasteiger partial charge >= 0.3 is 0 Å². The summed E-state index contributed by atoms with van der Waals surface area (Å²) in [5, 5.41) is 3.41. The summed E-state index contributed by atoms with van der Waals surface area (Å²) in [6, 6.07) is 8.85. The fourth-order valence-corrected chi connectivity index (χ4v) is 3.52. The molecule has 0 aliphatic heterocycles. The van der Waals surface area contributed by atoms with E-state index in [2.05, 4.69) is 37.2 Å². The molecule has 1 N–H and O–H groups in total. The summed E-state index contributed by atoms with van der Waals surface area (Å²) < 4.78 is 15.3. The Kier molecular flexibility index (Phi) is 4.87. The lowest BCUT2D eigenvalue weighted by Gasteiger charge is -2.12. The Morgan fingerprint density at radius 1 is 1.16 bits per heavy atom. The minimum Gasteiger partial charge on any atom is -0.379 e. The van der Waals surface area contributed by atoms with Crippen molar-refractivity contribution in [2.75, 3.05) is 5.32 Å². The van der Waals surface area contributed by atoms with Gasteiger partial charge in [-0.2, -0.15) is 0 Å². The van der Waals surface area contributed by atoms with Crippen molar-refractivity contribution in [1.82, 2.24) is 0 Å². The van der Waals surface area contributed by atoms with E-state index >= 15 is 0 Å². The molecule has 5 heteroatoms. The molecule has 0 radical (unpaired) electrons. The Morgan fingerprint density at radius 3 is 2.37 bits per heavy atom. The maximum atomic E-state index is 13.3. The Hall–Kier alpha value is -0.580. The molecule has 19 heavy (non-hydrogen) atoms. The van der Waals surface area contributed by atoms with Crippen LogP contribution in [0.15, 0.2) is 39.3 Å². The molecule has 0 heterocycles. The first-order valence-corrected chi connectivity index (χ1v) is 7.57. The van der Waals surface area contributed by atoms with Gasteiger partial charge in [-0.15, -0.1) is 0 Å². The van der Waals surface area contributed by atoms with Crippen molar-refractivity contribution in [3.63, 3.8) is 0 Å². The van der Waals surface area contributed by atoms with Crippen molar-refractivity contribution >= 4 is 49.1 Å². The lowest BCUT2D eigenvalue weighted by molar-refractivity contribution is 0.626. The quantitative estimate of drug-likeness (QED) is 0.665. The van der Waals surface area contributed by atoms with Crippen LogP contribution in [0.25, 0.3) is 0 Å². The number of hydrogen-bond donors (Lipinski definition) is 1. The second-order valence-corrected chi connectivity index (χ2v) is 6.32. The molecule has 0 atom stereocenters. The highest BCUT2D eigenvalue weighted by atomic mass is 79.9. The number of rotatable bonds is 3. The summed E-state index contributed by atoms with van der Waals surface area (Å²) >= 11 is 12.7. The average molecular weight is 408 g/mol. The maximum Gasteiger partial charge on any atom is 0.142 e. The molecule has 0 aromatic heterocycles. The lowest BCUT2D eigenvalue weighted by atomic mass is 10.2. The molecule has 0 fully saturated rings. The van der Waals surface area contributed by atoms with Crippen molar-refractivity contribution in [3.05, 3.63) is 61.2 Å². The molecule has 100 valence electrons. The van der Waals surface area contributed by atoms with Crippen LogP contribution in [-0.4, -0.2) is 0 Å². The van der Waals surface area contributed by atoms with E-state index < -0.39 is 5.82 Å². The van der Waals surface area contributed by atoms with Crippen molar-refractivity contribution in [2.45, 2.75) is 13.5 Å². The zero-order chi connectivity index (χ0) is 14.0. The van der Waals surface area contributed by atoms with E-state index in [9.17, 15) is 4.39 Å². The zero-order valence-electron chi connectivity index (χ0n) is 10.1. The van der Waals surface area contributed by atoms with E-state index in [-0.39, 0.29) is 5.02 Å². The summed E-state index contributed by atoms with van der Waals surface area (Å²) in [5.41, 5.74) is 2.93. The first-order valence-electron chi connectivity index (χ1n) is 5.61. The molecule has 2 rings (SSSR count). The molecule has 0 amide bonds. The van der Waals surface area contributed by atoms with E-state index in [4.69, 9.17) is 11.6 Å². The molecule has 1 nitrogen and oxygen atoms in total. The van der Waals surface area contributed by atoms with Crippen LogP contribution in [0.1, 0.15) is 11.1 Å². The van der Waals surface area contributed by atoms with Crippen molar-refractivity contribution in [1.29, 1.82) is 0 Å². The van der Waals surface area contributed by atoms with E-state index in [1.807, 2.05) is 19.1 Å². The molecule has 0 spiro atoms. The molecule has 2 aromatic rings. The standard InChI is InChI=1S/C14H11Br2ClFN/c1-8-4-10(15)14(11(16)5-8)19-7-9-2-3-12(17)13(18)6-9/h2-6,19H,7H2,1H3. The van der Waals surface area contributed by atoms with Crippen LogP contribution in [-0.2, 0) is 6.54 Å². The molecule has 2 aromatic carbocycles. The summed E-state index contributed by atoms with van der Waals surface area (Å²) in [5.74, 6) is -0.400. The SMILES string of the molecule is Cc1cc(Br)c(NCc2ccc(Cl)c(F)c2)c(Br)c1. The molecule has 0 unspecified atom stereocenters. The Balaban J connectivity index is 2.16. The number of benzene rings is 2. The third-order valence-corrected chi connectivity index (χ3v) is 4.20. The van der Waals surface area contributed by atoms with Crippen molar-refractivity contribution in [2.24, 2.45) is 0 Å². The fourth-order valence-electron chi connectivity index (χ4n) is 1.71. The van der Waals surface area contributed by atoms with Crippen molar-refractivity contribution in [3.8, 4) is 0 Å². The monoisotopic (exact) mass is 405 g/mol. The highest BCUT2D eigenvalue weighted by Gasteiger charge is 2.07. The molecular weight excluding hydrogens is 396 g/mol. The van der Waals surface area contributed by atoms with E-state index in [1.54, 1.807) is 12.1 Å². The average Bonchev–Trinajstić information content (AvgIpc) is 2.32. The Bertz CT molecular complexity index is 593. The van der Waals surface area contributed by atoms with Crippen LogP contribution >= 0.6 is 43.5 Å². The summed E-state index contributed by atoms with van der Waals surface area (Å²) in [4.78, 5) is 0. The first-order chi connectivity index (χ1) is 8.97. The minimum atomic E-state index is -0.400. The predicted molar refractivity (Wildman–Crippen MR) is 85.3 cm³/mol. The van der Waals surface area contributed by atoms with Gasteiger partial charge in [0.25, 0.3) is 0 Å². The first kappa shape index (κ1) is 14.8. The minimum absolute atomic E-state index is 0.140. The van der Waals surface area contributed by atoms with Gasteiger partial charge < -0.3 is 5.32 Å².